The molecule has 138 valence electrons. The van der Waals surface area contributed by atoms with E-state index >= 15 is 0 Å². The number of para-hydroxylation sites is 1. The van der Waals surface area contributed by atoms with Gasteiger partial charge in [0.25, 0.3) is 5.91 Å². The van der Waals surface area contributed by atoms with Crippen molar-refractivity contribution in [2.75, 3.05) is 13.2 Å². The summed E-state index contributed by atoms with van der Waals surface area (Å²) in [5.41, 5.74) is 2.59. The third-order valence-corrected chi connectivity index (χ3v) is 4.83. The van der Waals surface area contributed by atoms with Gasteiger partial charge < -0.3 is 14.8 Å². The second-order valence-electron chi connectivity index (χ2n) is 6.43. The van der Waals surface area contributed by atoms with E-state index in [0.717, 1.165) is 18.6 Å². The third kappa shape index (κ3) is 4.70. The molecule has 3 rings (SSSR count). The summed E-state index contributed by atoms with van der Waals surface area (Å²) in [5, 5.41) is 3.40. The quantitative estimate of drug-likeness (QED) is 0.740. The Morgan fingerprint density at radius 3 is 2.73 bits per heavy atom. The monoisotopic (exact) mass is 373 g/mol. The Kier molecular flexibility index (Phi) is 6.40. The predicted molar refractivity (Wildman–Crippen MR) is 103 cm³/mol. The Morgan fingerprint density at radius 1 is 1.12 bits per heavy atom. The summed E-state index contributed by atoms with van der Waals surface area (Å²) in [6.07, 6.45) is 3.95. The summed E-state index contributed by atoms with van der Waals surface area (Å²) >= 11 is 6.03. The fraction of sp³-hybridized carbons (Fsp3) is 0.381. The molecule has 1 amide bonds. The SMILES string of the molecule is C[C@H](Oc1cccc2c1CCCC2)C(=O)NCCOc1ccccc1Cl. The molecule has 1 N–H and O–H groups in total. The van der Waals surface area contributed by atoms with Crippen LogP contribution in [0.2, 0.25) is 5.02 Å². The highest BCUT2D eigenvalue weighted by Crippen LogP contribution is 2.30. The van der Waals surface area contributed by atoms with Crippen molar-refractivity contribution >= 4 is 17.5 Å². The van der Waals surface area contributed by atoms with Crippen molar-refractivity contribution in [2.45, 2.75) is 38.7 Å². The molecule has 0 heterocycles. The van der Waals surface area contributed by atoms with Crippen LogP contribution in [0, 0.1) is 0 Å². The lowest BCUT2D eigenvalue weighted by molar-refractivity contribution is -0.127. The standard InChI is InChI=1S/C21H24ClNO3/c1-15(26-19-12-6-8-16-7-2-3-9-17(16)19)21(24)23-13-14-25-20-11-5-4-10-18(20)22/h4-6,8,10-12,15H,2-3,7,9,13-14H2,1H3,(H,23,24)/t15-/m0/s1. The minimum absolute atomic E-state index is 0.152. The average Bonchev–Trinajstić information content (AvgIpc) is 2.66. The van der Waals surface area contributed by atoms with Gasteiger partial charge in [0.05, 0.1) is 11.6 Å². The highest BCUT2D eigenvalue weighted by molar-refractivity contribution is 6.32. The van der Waals surface area contributed by atoms with Gasteiger partial charge in [-0.05, 0) is 61.9 Å². The molecule has 0 spiro atoms. The zero-order valence-corrected chi connectivity index (χ0v) is 15.7. The Morgan fingerprint density at radius 2 is 1.88 bits per heavy atom. The normalized spacial score (nSPS) is 14.2. The van der Waals surface area contributed by atoms with Crippen molar-refractivity contribution in [1.82, 2.24) is 5.32 Å². The van der Waals surface area contributed by atoms with E-state index in [1.807, 2.05) is 24.3 Å². The topological polar surface area (TPSA) is 47.6 Å². The van der Waals surface area contributed by atoms with Gasteiger partial charge in [-0.15, -0.1) is 0 Å². The number of ether oxygens (including phenoxy) is 2. The van der Waals surface area contributed by atoms with Crippen molar-refractivity contribution in [3.8, 4) is 11.5 Å². The molecule has 4 nitrogen and oxygen atoms in total. The van der Waals surface area contributed by atoms with Crippen molar-refractivity contribution in [2.24, 2.45) is 0 Å². The van der Waals surface area contributed by atoms with E-state index in [4.69, 9.17) is 21.1 Å². The number of benzene rings is 2. The van der Waals surface area contributed by atoms with Gasteiger partial charge in [0, 0.05) is 0 Å². The summed E-state index contributed by atoms with van der Waals surface area (Å²) < 4.78 is 11.5. The number of hydrogen-bond acceptors (Lipinski definition) is 3. The molecule has 26 heavy (non-hydrogen) atoms. The Balaban J connectivity index is 1.47. The number of halogens is 1. The summed E-state index contributed by atoms with van der Waals surface area (Å²) in [5.74, 6) is 1.29. The van der Waals surface area contributed by atoms with Gasteiger partial charge in [-0.1, -0.05) is 35.9 Å². The molecule has 2 aromatic carbocycles. The van der Waals surface area contributed by atoms with Gasteiger partial charge in [-0.25, -0.2) is 0 Å². The van der Waals surface area contributed by atoms with E-state index in [1.54, 1.807) is 19.1 Å². The number of fused-ring (bicyclic) bond motifs is 1. The molecule has 0 saturated heterocycles. The smallest absolute Gasteiger partial charge is 0.260 e. The molecular weight excluding hydrogens is 350 g/mol. The fourth-order valence-corrected chi connectivity index (χ4v) is 3.33. The Hall–Kier alpha value is -2.20. The van der Waals surface area contributed by atoms with Crippen molar-refractivity contribution < 1.29 is 14.3 Å². The van der Waals surface area contributed by atoms with Crippen LogP contribution >= 0.6 is 11.6 Å². The summed E-state index contributed by atoms with van der Waals surface area (Å²) in [4.78, 5) is 12.3. The molecule has 0 unspecified atom stereocenters. The minimum atomic E-state index is -0.552. The molecule has 1 atom stereocenters. The van der Waals surface area contributed by atoms with E-state index in [2.05, 4.69) is 11.4 Å². The number of hydrogen-bond donors (Lipinski definition) is 1. The van der Waals surface area contributed by atoms with Gasteiger partial charge in [0.1, 0.15) is 18.1 Å². The predicted octanol–water partition coefficient (Wildman–Crippen LogP) is 4.18. The van der Waals surface area contributed by atoms with Crippen LogP contribution in [0.3, 0.4) is 0 Å². The first-order chi connectivity index (χ1) is 12.6. The molecule has 2 aromatic rings. The second-order valence-corrected chi connectivity index (χ2v) is 6.84. The maximum absolute atomic E-state index is 12.3. The Bertz CT molecular complexity index is 763. The van der Waals surface area contributed by atoms with Crippen LogP contribution in [0.25, 0.3) is 0 Å². The van der Waals surface area contributed by atoms with Crippen LogP contribution in [-0.4, -0.2) is 25.2 Å². The largest absolute Gasteiger partial charge is 0.490 e. The van der Waals surface area contributed by atoms with Gasteiger partial charge in [0.15, 0.2) is 6.10 Å². The number of amides is 1. The zero-order chi connectivity index (χ0) is 18.4. The molecule has 0 aromatic heterocycles. The number of rotatable bonds is 7. The molecule has 0 fully saturated rings. The molecule has 5 heteroatoms. The minimum Gasteiger partial charge on any atom is -0.490 e. The number of carbonyl (C=O) groups excluding carboxylic acids is 1. The maximum Gasteiger partial charge on any atom is 0.260 e. The van der Waals surface area contributed by atoms with Crippen LogP contribution in [0.15, 0.2) is 42.5 Å². The first kappa shape index (κ1) is 18.6. The number of nitrogens with one attached hydrogen (secondary N) is 1. The summed E-state index contributed by atoms with van der Waals surface area (Å²) in [7, 11) is 0. The van der Waals surface area contributed by atoms with E-state index in [-0.39, 0.29) is 5.91 Å². The van der Waals surface area contributed by atoms with E-state index in [1.165, 1.54) is 24.0 Å². The number of aryl methyl sites for hydroxylation is 1. The first-order valence-corrected chi connectivity index (χ1v) is 9.45. The molecule has 0 aliphatic heterocycles. The average molecular weight is 374 g/mol. The van der Waals surface area contributed by atoms with Gasteiger partial charge in [-0.2, -0.15) is 0 Å². The lowest BCUT2D eigenvalue weighted by Crippen LogP contribution is -2.38. The molecule has 1 aliphatic carbocycles. The molecule has 1 aliphatic rings. The first-order valence-electron chi connectivity index (χ1n) is 9.07. The number of carbonyl (C=O) groups is 1. The summed E-state index contributed by atoms with van der Waals surface area (Å²) in [6, 6.07) is 13.4. The fourth-order valence-electron chi connectivity index (χ4n) is 3.14. The molecule has 0 radical (unpaired) electrons. The van der Waals surface area contributed by atoms with Gasteiger partial charge in [-0.3, -0.25) is 4.79 Å². The van der Waals surface area contributed by atoms with Gasteiger partial charge in [0.2, 0.25) is 0 Å². The van der Waals surface area contributed by atoms with Crippen molar-refractivity contribution in [3.63, 3.8) is 0 Å². The van der Waals surface area contributed by atoms with Crippen LogP contribution in [0.1, 0.15) is 30.9 Å². The zero-order valence-electron chi connectivity index (χ0n) is 15.0. The van der Waals surface area contributed by atoms with Crippen molar-refractivity contribution in [1.29, 1.82) is 0 Å². The molecular formula is C21H24ClNO3. The van der Waals surface area contributed by atoms with E-state index in [0.29, 0.717) is 23.9 Å². The highest BCUT2D eigenvalue weighted by atomic mass is 35.5. The molecule has 0 bridgehead atoms. The van der Waals surface area contributed by atoms with Crippen LogP contribution in [0.5, 0.6) is 11.5 Å². The maximum atomic E-state index is 12.3. The highest BCUT2D eigenvalue weighted by Gasteiger charge is 2.19. The third-order valence-electron chi connectivity index (χ3n) is 4.52. The van der Waals surface area contributed by atoms with Crippen LogP contribution in [0.4, 0.5) is 0 Å². The van der Waals surface area contributed by atoms with Crippen molar-refractivity contribution in [3.05, 3.63) is 58.6 Å². The van der Waals surface area contributed by atoms with E-state index < -0.39 is 6.10 Å². The van der Waals surface area contributed by atoms with Crippen LogP contribution < -0.4 is 14.8 Å². The lowest BCUT2D eigenvalue weighted by Gasteiger charge is -2.22. The summed E-state index contributed by atoms with van der Waals surface area (Å²) in [6.45, 7) is 2.51. The van der Waals surface area contributed by atoms with Gasteiger partial charge >= 0.3 is 0 Å². The second kappa shape index (κ2) is 8.95. The van der Waals surface area contributed by atoms with E-state index in [9.17, 15) is 4.79 Å². The molecule has 0 saturated carbocycles. The van der Waals surface area contributed by atoms with Crippen LogP contribution in [-0.2, 0) is 17.6 Å². The Labute approximate surface area is 159 Å². The lowest BCUT2D eigenvalue weighted by atomic mass is 9.91.